The molecule has 9 heteroatoms. The van der Waals surface area contributed by atoms with Crippen LogP contribution in [0.25, 0.3) is 0 Å². The van der Waals surface area contributed by atoms with Crippen LogP contribution < -0.4 is 0 Å². The van der Waals surface area contributed by atoms with Crippen molar-refractivity contribution in [3.05, 3.63) is 34.4 Å². The van der Waals surface area contributed by atoms with E-state index in [1.807, 2.05) is 27.6 Å². The zero-order chi connectivity index (χ0) is 21.1. The van der Waals surface area contributed by atoms with Crippen LogP contribution >= 0.6 is 0 Å². The zero-order valence-corrected chi connectivity index (χ0v) is 17.9. The maximum absolute atomic E-state index is 13.4. The second-order valence-corrected chi connectivity index (χ2v) is 9.21. The third kappa shape index (κ3) is 3.01. The van der Waals surface area contributed by atoms with E-state index in [1.165, 1.54) is 0 Å². The van der Waals surface area contributed by atoms with Gasteiger partial charge in [-0.25, -0.2) is 0 Å². The van der Waals surface area contributed by atoms with E-state index in [0.717, 1.165) is 61.2 Å². The largest absolute Gasteiger partial charge is 0.377 e. The molecule has 0 saturated carbocycles. The Bertz CT molecular complexity index is 1040. The second kappa shape index (κ2) is 7.19. The topological polar surface area (TPSA) is 85.5 Å². The second-order valence-electron chi connectivity index (χ2n) is 9.21. The van der Waals surface area contributed by atoms with Crippen molar-refractivity contribution in [2.75, 3.05) is 19.8 Å². The van der Waals surface area contributed by atoms with E-state index in [2.05, 4.69) is 10.2 Å². The van der Waals surface area contributed by atoms with E-state index in [-0.39, 0.29) is 23.9 Å². The number of nitrogens with zero attached hydrogens (tertiary/aromatic N) is 6. The van der Waals surface area contributed by atoms with Crippen molar-refractivity contribution in [3.63, 3.8) is 0 Å². The quantitative estimate of drug-likeness (QED) is 0.722. The molecule has 0 radical (unpaired) electrons. The van der Waals surface area contributed by atoms with Gasteiger partial charge in [-0.3, -0.25) is 19.0 Å². The van der Waals surface area contributed by atoms with Gasteiger partial charge in [0.15, 0.2) is 5.69 Å². The van der Waals surface area contributed by atoms with Crippen LogP contribution in [0.15, 0.2) is 6.07 Å². The van der Waals surface area contributed by atoms with Crippen molar-refractivity contribution in [1.29, 1.82) is 0 Å². The van der Waals surface area contributed by atoms with Crippen LogP contribution in [0.1, 0.15) is 63.6 Å². The van der Waals surface area contributed by atoms with Crippen molar-refractivity contribution < 1.29 is 14.3 Å². The highest BCUT2D eigenvalue weighted by Crippen LogP contribution is 2.31. The molecule has 164 valence electrons. The molecule has 2 atom stereocenters. The minimum atomic E-state index is -0.00120. The standard InChI is InChI=1S/C22H28N6O3/c1-25-20(17-4-2-5-18(17)23-25)22(30)26-8-3-9-27-16(11-26)10-19(24-27)21(29)28-14-6-7-15(28)13-31-12-14/h10,14-15H,2-9,11-13H2,1H3. The lowest BCUT2D eigenvalue weighted by Gasteiger charge is -2.34. The summed E-state index contributed by atoms with van der Waals surface area (Å²) >= 11 is 0. The van der Waals surface area contributed by atoms with Gasteiger partial charge >= 0.3 is 0 Å². The average Bonchev–Trinajstić information content (AvgIpc) is 3.46. The molecule has 4 aliphatic rings. The highest BCUT2D eigenvalue weighted by Gasteiger charge is 2.41. The number of carbonyl (C=O) groups is 2. The Morgan fingerprint density at radius 3 is 2.65 bits per heavy atom. The molecule has 2 aromatic heterocycles. The summed E-state index contributed by atoms with van der Waals surface area (Å²) in [4.78, 5) is 30.5. The van der Waals surface area contributed by atoms with Gasteiger partial charge in [-0.05, 0) is 44.6 Å². The number of morpholine rings is 1. The van der Waals surface area contributed by atoms with Crippen LogP contribution in [0.4, 0.5) is 0 Å². The van der Waals surface area contributed by atoms with Gasteiger partial charge in [0.1, 0.15) is 5.69 Å². The molecule has 2 fully saturated rings. The van der Waals surface area contributed by atoms with E-state index >= 15 is 0 Å². The minimum absolute atomic E-state index is 0.00120. The number of amides is 2. The lowest BCUT2D eigenvalue weighted by atomic mass is 10.1. The van der Waals surface area contributed by atoms with Crippen LogP contribution in [0.2, 0.25) is 0 Å². The molecule has 0 spiro atoms. The first-order valence-corrected chi connectivity index (χ1v) is 11.4. The smallest absolute Gasteiger partial charge is 0.275 e. The molecule has 2 amide bonds. The summed E-state index contributed by atoms with van der Waals surface area (Å²) in [7, 11) is 1.86. The summed E-state index contributed by atoms with van der Waals surface area (Å²) in [5.74, 6) is 0.0330. The SMILES string of the molecule is Cn1nc2c(c1C(=O)N1CCCn3nc(C(=O)N4C5CCC4COC5)cc3C1)CCC2. The molecule has 1 aliphatic carbocycles. The van der Waals surface area contributed by atoms with Crippen molar-refractivity contribution in [2.45, 2.75) is 63.7 Å². The zero-order valence-electron chi connectivity index (χ0n) is 17.9. The molecule has 2 saturated heterocycles. The molecule has 31 heavy (non-hydrogen) atoms. The van der Waals surface area contributed by atoms with Crippen LogP contribution in [-0.4, -0.2) is 73.0 Å². The van der Waals surface area contributed by atoms with Crippen LogP contribution in [0, 0.1) is 0 Å². The van der Waals surface area contributed by atoms with Gasteiger partial charge in [-0.2, -0.15) is 10.2 Å². The van der Waals surface area contributed by atoms with Crippen LogP contribution in [0.3, 0.4) is 0 Å². The van der Waals surface area contributed by atoms with Crippen molar-refractivity contribution in [1.82, 2.24) is 29.4 Å². The summed E-state index contributed by atoms with van der Waals surface area (Å²) < 4.78 is 9.28. The third-order valence-corrected chi connectivity index (χ3v) is 7.27. The van der Waals surface area contributed by atoms with Gasteiger partial charge in [0, 0.05) is 25.7 Å². The number of hydrogen-bond donors (Lipinski definition) is 0. The van der Waals surface area contributed by atoms with Gasteiger partial charge in [0.2, 0.25) is 0 Å². The Labute approximate surface area is 180 Å². The predicted octanol–water partition coefficient (Wildman–Crippen LogP) is 1.15. The first-order chi connectivity index (χ1) is 15.1. The van der Waals surface area contributed by atoms with Gasteiger partial charge in [0.25, 0.3) is 11.8 Å². The normalized spacial score (nSPS) is 24.8. The molecular formula is C22H28N6O3. The average molecular weight is 425 g/mol. The third-order valence-electron chi connectivity index (χ3n) is 7.27. The summed E-state index contributed by atoms with van der Waals surface area (Å²) in [5, 5.41) is 9.21. The molecule has 9 nitrogen and oxygen atoms in total. The van der Waals surface area contributed by atoms with E-state index in [1.54, 1.807) is 4.68 Å². The number of carbonyl (C=O) groups excluding carboxylic acids is 2. The predicted molar refractivity (Wildman–Crippen MR) is 111 cm³/mol. The highest BCUT2D eigenvalue weighted by atomic mass is 16.5. The first kappa shape index (κ1) is 19.0. The summed E-state index contributed by atoms with van der Waals surface area (Å²) in [6, 6.07) is 2.21. The molecule has 0 N–H and O–H groups in total. The molecule has 2 unspecified atom stereocenters. The van der Waals surface area contributed by atoms with E-state index in [0.29, 0.717) is 38.5 Å². The van der Waals surface area contributed by atoms with Crippen molar-refractivity contribution >= 4 is 11.8 Å². The summed E-state index contributed by atoms with van der Waals surface area (Å²) in [6.07, 6.45) is 5.77. The Hall–Kier alpha value is -2.68. The maximum Gasteiger partial charge on any atom is 0.275 e. The Balaban J connectivity index is 1.25. The summed E-state index contributed by atoms with van der Waals surface area (Å²) in [6.45, 7) is 3.10. The summed E-state index contributed by atoms with van der Waals surface area (Å²) in [5.41, 5.74) is 4.32. The van der Waals surface area contributed by atoms with Crippen molar-refractivity contribution in [2.24, 2.45) is 7.05 Å². The Morgan fingerprint density at radius 2 is 1.84 bits per heavy atom. The number of ether oxygens (including phenoxy) is 1. The van der Waals surface area contributed by atoms with Crippen LogP contribution in [-0.2, 0) is 37.7 Å². The van der Waals surface area contributed by atoms with E-state index < -0.39 is 0 Å². The fourth-order valence-electron chi connectivity index (χ4n) is 5.77. The molecule has 3 aliphatic heterocycles. The number of aryl methyl sites for hydroxylation is 3. The Kier molecular flexibility index (Phi) is 4.41. The number of hydrogen-bond acceptors (Lipinski definition) is 5. The number of aromatic nitrogens is 4. The molecule has 2 aromatic rings. The fraction of sp³-hybridized carbons (Fsp3) is 0.636. The molecule has 0 aromatic carbocycles. The maximum atomic E-state index is 13.4. The van der Waals surface area contributed by atoms with E-state index in [4.69, 9.17) is 4.74 Å². The Morgan fingerprint density at radius 1 is 1.03 bits per heavy atom. The molecule has 2 bridgehead atoms. The molecule has 6 rings (SSSR count). The number of rotatable bonds is 2. The van der Waals surface area contributed by atoms with Gasteiger partial charge in [0.05, 0.1) is 43.2 Å². The highest BCUT2D eigenvalue weighted by molar-refractivity contribution is 5.95. The van der Waals surface area contributed by atoms with Gasteiger partial charge in [-0.1, -0.05) is 0 Å². The van der Waals surface area contributed by atoms with Crippen LogP contribution in [0.5, 0.6) is 0 Å². The lowest BCUT2D eigenvalue weighted by Crippen LogP contribution is -2.49. The first-order valence-electron chi connectivity index (χ1n) is 11.4. The number of fused-ring (bicyclic) bond motifs is 4. The monoisotopic (exact) mass is 424 g/mol. The molecular weight excluding hydrogens is 396 g/mol. The minimum Gasteiger partial charge on any atom is -0.377 e. The molecule has 5 heterocycles. The van der Waals surface area contributed by atoms with Gasteiger partial charge < -0.3 is 14.5 Å². The van der Waals surface area contributed by atoms with Gasteiger partial charge in [-0.15, -0.1) is 0 Å². The fourth-order valence-corrected chi connectivity index (χ4v) is 5.77. The van der Waals surface area contributed by atoms with E-state index in [9.17, 15) is 9.59 Å². The van der Waals surface area contributed by atoms with Crippen molar-refractivity contribution in [3.8, 4) is 0 Å². The lowest BCUT2D eigenvalue weighted by molar-refractivity contribution is -0.00750.